The standard InChI is InChI=1S/C8H11B/c1-3-5-6-7-8(9)4-2/h3-7H,1-2H3/b5-3-,7-6-,8-4+. The second kappa shape index (κ2) is 5.42. The van der Waals surface area contributed by atoms with Crippen LogP contribution in [0.25, 0.3) is 0 Å². The Labute approximate surface area is 58.4 Å². The van der Waals surface area contributed by atoms with E-state index in [9.17, 15) is 0 Å². The Morgan fingerprint density at radius 3 is 2.33 bits per heavy atom. The van der Waals surface area contributed by atoms with Gasteiger partial charge in [0.05, 0.1) is 0 Å². The Bertz CT molecular complexity index is 141. The molecule has 0 nitrogen and oxygen atoms in total. The second-order valence-corrected chi connectivity index (χ2v) is 1.67. The first-order valence-corrected chi connectivity index (χ1v) is 3.02. The summed E-state index contributed by atoms with van der Waals surface area (Å²) in [6.45, 7) is 3.88. The summed E-state index contributed by atoms with van der Waals surface area (Å²) in [6.07, 6.45) is 9.53. The van der Waals surface area contributed by atoms with Gasteiger partial charge in [-0.1, -0.05) is 30.4 Å². The first kappa shape index (κ1) is 8.28. The van der Waals surface area contributed by atoms with Crippen LogP contribution >= 0.6 is 0 Å². The average molecular weight is 118 g/mol. The van der Waals surface area contributed by atoms with Gasteiger partial charge in [-0.25, -0.2) is 0 Å². The predicted octanol–water partition coefficient (Wildman–Crippen LogP) is 2.19. The molecule has 0 amide bonds. The van der Waals surface area contributed by atoms with E-state index in [2.05, 4.69) is 0 Å². The van der Waals surface area contributed by atoms with Gasteiger partial charge in [0, 0.05) is 0 Å². The van der Waals surface area contributed by atoms with Crippen molar-refractivity contribution in [3.05, 3.63) is 35.9 Å². The molecule has 0 aromatic heterocycles. The highest BCUT2D eigenvalue weighted by Crippen LogP contribution is 1.88. The van der Waals surface area contributed by atoms with Crippen LogP contribution in [0, 0.1) is 0 Å². The third kappa shape index (κ3) is 5.15. The fraction of sp³-hybridized carbons (Fsp3) is 0.250. The van der Waals surface area contributed by atoms with Crippen LogP contribution in [-0.4, -0.2) is 7.85 Å². The van der Waals surface area contributed by atoms with Gasteiger partial charge in [-0.05, 0) is 13.8 Å². The highest BCUT2D eigenvalue weighted by atomic mass is 13.7. The smallest absolute Gasteiger partial charge is 0.101 e. The molecular formula is C8H11B. The number of hydrogen-bond donors (Lipinski definition) is 0. The van der Waals surface area contributed by atoms with Crippen molar-refractivity contribution >= 4 is 7.85 Å². The summed E-state index contributed by atoms with van der Waals surface area (Å²) in [6, 6.07) is 0. The lowest BCUT2D eigenvalue weighted by Gasteiger charge is -1.83. The van der Waals surface area contributed by atoms with Gasteiger partial charge in [0.25, 0.3) is 0 Å². The Morgan fingerprint density at radius 1 is 1.22 bits per heavy atom. The third-order valence-electron chi connectivity index (χ3n) is 0.926. The highest BCUT2D eigenvalue weighted by Gasteiger charge is 1.71. The van der Waals surface area contributed by atoms with E-state index in [1.54, 1.807) is 0 Å². The van der Waals surface area contributed by atoms with Crippen LogP contribution in [0.5, 0.6) is 0 Å². The monoisotopic (exact) mass is 118 g/mol. The molecule has 0 aromatic rings. The van der Waals surface area contributed by atoms with Gasteiger partial charge in [0.1, 0.15) is 7.85 Å². The van der Waals surface area contributed by atoms with Crippen molar-refractivity contribution in [3.8, 4) is 0 Å². The largest absolute Gasteiger partial charge is 0.113 e. The molecule has 46 valence electrons. The van der Waals surface area contributed by atoms with Crippen LogP contribution in [0.4, 0.5) is 0 Å². The summed E-state index contributed by atoms with van der Waals surface area (Å²) in [7, 11) is 5.45. The molecule has 1 heteroatoms. The summed E-state index contributed by atoms with van der Waals surface area (Å²) in [4.78, 5) is 0. The first-order valence-electron chi connectivity index (χ1n) is 3.02. The molecule has 0 aliphatic heterocycles. The van der Waals surface area contributed by atoms with Crippen molar-refractivity contribution < 1.29 is 0 Å². The molecule has 9 heavy (non-hydrogen) atoms. The van der Waals surface area contributed by atoms with Crippen molar-refractivity contribution in [1.29, 1.82) is 0 Å². The predicted molar refractivity (Wildman–Crippen MR) is 43.5 cm³/mol. The van der Waals surface area contributed by atoms with E-state index in [1.807, 2.05) is 44.2 Å². The Balaban J connectivity index is 3.71. The van der Waals surface area contributed by atoms with E-state index in [0.29, 0.717) is 0 Å². The molecule has 0 unspecified atom stereocenters. The normalized spacial score (nSPS) is 13.8. The van der Waals surface area contributed by atoms with Gasteiger partial charge in [0.15, 0.2) is 0 Å². The zero-order chi connectivity index (χ0) is 7.11. The second-order valence-electron chi connectivity index (χ2n) is 1.67. The highest BCUT2D eigenvalue weighted by molar-refractivity contribution is 6.23. The van der Waals surface area contributed by atoms with Gasteiger partial charge in [0.2, 0.25) is 0 Å². The molecule has 0 rings (SSSR count). The van der Waals surface area contributed by atoms with Crippen molar-refractivity contribution in [3.63, 3.8) is 0 Å². The molecule has 0 bridgehead atoms. The SMILES string of the molecule is [B]C(/C=C\C=C/C)=C/C. The minimum Gasteiger partial charge on any atom is -0.101 e. The van der Waals surface area contributed by atoms with Gasteiger partial charge < -0.3 is 0 Å². The van der Waals surface area contributed by atoms with Gasteiger partial charge in [-0.2, -0.15) is 0 Å². The molecule has 0 heterocycles. The van der Waals surface area contributed by atoms with Gasteiger partial charge in [-0.15, -0.1) is 5.47 Å². The van der Waals surface area contributed by atoms with Crippen molar-refractivity contribution in [2.24, 2.45) is 0 Å². The molecule has 0 saturated heterocycles. The first-order chi connectivity index (χ1) is 4.31. The van der Waals surface area contributed by atoms with Crippen LogP contribution in [0.2, 0.25) is 0 Å². The van der Waals surface area contributed by atoms with E-state index in [4.69, 9.17) is 7.85 Å². The quantitative estimate of drug-likeness (QED) is 0.385. The lowest BCUT2D eigenvalue weighted by atomic mass is 9.95. The van der Waals surface area contributed by atoms with Crippen LogP contribution < -0.4 is 0 Å². The maximum Gasteiger partial charge on any atom is 0.113 e. The van der Waals surface area contributed by atoms with Crippen molar-refractivity contribution in [2.75, 3.05) is 0 Å². The topological polar surface area (TPSA) is 0 Å². The van der Waals surface area contributed by atoms with Crippen LogP contribution in [0.3, 0.4) is 0 Å². The Morgan fingerprint density at radius 2 is 1.89 bits per heavy atom. The molecule has 0 N–H and O–H groups in total. The van der Waals surface area contributed by atoms with E-state index >= 15 is 0 Å². The number of rotatable bonds is 2. The lowest BCUT2D eigenvalue weighted by molar-refractivity contribution is 1.68. The van der Waals surface area contributed by atoms with Gasteiger partial charge in [-0.3, -0.25) is 0 Å². The van der Waals surface area contributed by atoms with E-state index in [-0.39, 0.29) is 0 Å². The molecule has 0 fully saturated rings. The fourth-order valence-corrected chi connectivity index (χ4v) is 0.374. The maximum absolute atomic E-state index is 5.45. The zero-order valence-corrected chi connectivity index (χ0v) is 5.96. The minimum absolute atomic E-state index is 0.799. The summed E-state index contributed by atoms with van der Waals surface area (Å²) >= 11 is 0. The number of allylic oxidation sites excluding steroid dienone is 6. The van der Waals surface area contributed by atoms with Crippen LogP contribution in [0.15, 0.2) is 35.9 Å². The molecule has 0 aliphatic carbocycles. The average Bonchev–Trinajstić information content (AvgIpc) is 1.89. The molecule has 0 saturated carbocycles. The summed E-state index contributed by atoms with van der Waals surface area (Å²) in [5.41, 5.74) is 0.799. The maximum atomic E-state index is 5.45. The van der Waals surface area contributed by atoms with Crippen molar-refractivity contribution in [1.82, 2.24) is 0 Å². The third-order valence-corrected chi connectivity index (χ3v) is 0.926. The van der Waals surface area contributed by atoms with E-state index in [1.165, 1.54) is 0 Å². The summed E-state index contributed by atoms with van der Waals surface area (Å²) in [5, 5.41) is 0. The zero-order valence-electron chi connectivity index (χ0n) is 5.96. The Hall–Kier alpha value is -0.715. The minimum atomic E-state index is 0.799. The van der Waals surface area contributed by atoms with E-state index in [0.717, 1.165) is 5.47 Å². The summed E-state index contributed by atoms with van der Waals surface area (Å²) in [5.74, 6) is 0. The molecular weight excluding hydrogens is 107 g/mol. The van der Waals surface area contributed by atoms with Crippen LogP contribution in [0.1, 0.15) is 13.8 Å². The molecule has 2 radical (unpaired) electrons. The Kier molecular flexibility index (Phi) is 4.99. The number of hydrogen-bond acceptors (Lipinski definition) is 0. The molecule has 0 aromatic carbocycles. The van der Waals surface area contributed by atoms with E-state index < -0.39 is 0 Å². The van der Waals surface area contributed by atoms with Crippen molar-refractivity contribution in [2.45, 2.75) is 13.8 Å². The summed E-state index contributed by atoms with van der Waals surface area (Å²) < 4.78 is 0. The van der Waals surface area contributed by atoms with Crippen LogP contribution in [-0.2, 0) is 0 Å². The van der Waals surface area contributed by atoms with Gasteiger partial charge >= 0.3 is 0 Å². The lowest BCUT2D eigenvalue weighted by Crippen LogP contribution is -1.69. The fourth-order valence-electron chi connectivity index (χ4n) is 0.374. The molecule has 0 aliphatic rings. The molecule has 0 spiro atoms. The molecule has 0 atom stereocenters.